The van der Waals surface area contributed by atoms with Crippen LogP contribution in [0.5, 0.6) is 0 Å². The van der Waals surface area contributed by atoms with E-state index in [9.17, 15) is 22.8 Å². The number of anilines is 1. The molecule has 3 aromatic heterocycles. The lowest BCUT2D eigenvalue weighted by Crippen LogP contribution is -2.50. The van der Waals surface area contributed by atoms with Gasteiger partial charge in [-0.1, -0.05) is 35.1 Å². The highest BCUT2D eigenvalue weighted by molar-refractivity contribution is 5.96. The van der Waals surface area contributed by atoms with Gasteiger partial charge in [0, 0.05) is 49.7 Å². The van der Waals surface area contributed by atoms with E-state index in [0.29, 0.717) is 48.5 Å². The lowest BCUT2D eigenvalue weighted by molar-refractivity contribution is -0.117. The van der Waals surface area contributed by atoms with Crippen LogP contribution in [-0.2, 0) is 4.79 Å². The molecule has 230 valence electrons. The standard InChI is InChI=1S/C30H26F3N9O3/c31-21-16-20(21)27(43)35-19-6-7-22-24(15-19)45-28(36-22)18-8-9-34-23(14-18)29(44)41-12-10-40(11-13-41)25(17-4-2-1-3-5-17)26-37-39-42(38-26)30(32)33/h1-9,14-15,20-21,25,30H,10-13,16H2,(H,35,43)/t20-,21+,25?/m1/s1. The number of fused-ring (bicyclic) bond motifs is 1. The second-order valence-corrected chi connectivity index (χ2v) is 10.9. The van der Waals surface area contributed by atoms with Gasteiger partial charge in [-0.25, -0.2) is 9.37 Å². The number of hydrogen-bond acceptors (Lipinski definition) is 9. The molecule has 3 atom stereocenters. The van der Waals surface area contributed by atoms with Gasteiger partial charge in [-0.2, -0.15) is 8.78 Å². The smallest absolute Gasteiger partial charge is 0.350 e. The molecule has 15 heteroatoms. The summed E-state index contributed by atoms with van der Waals surface area (Å²) in [5.74, 6) is -0.831. The topological polar surface area (TPSA) is 135 Å². The molecular weight excluding hydrogens is 591 g/mol. The van der Waals surface area contributed by atoms with Gasteiger partial charge in [-0.05, 0) is 41.5 Å². The quantitative estimate of drug-likeness (QED) is 0.273. The van der Waals surface area contributed by atoms with E-state index in [2.05, 4.69) is 30.7 Å². The van der Waals surface area contributed by atoms with Gasteiger partial charge < -0.3 is 14.6 Å². The first-order valence-corrected chi connectivity index (χ1v) is 14.3. The highest BCUT2D eigenvalue weighted by atomic mass is 19.3. The monoisotopic (exact) mass is 617 g/mol. The van der Waals surface area contributed by atoms with E-state index in [1.165, 1.54) is 6.20 Å². The van der Waals surface area contributed by atoms with E-state index in [1.54, 1.807) is 35.2 Å². The van der Waals surface area contributed by atoms with E-state index < -0.39 is 24.7 Å². The van der Waals surface area contributed by atoms with Crippen molar-refractivity contribution in [2.75, 3.05) is 31.5 Å². The molecule has 0 bridgehead atoms. The summed E-state index contributed by atoms with van der Waals surface area (Å²) >= 11 is 0. The zero-order valence-corrected chi connectivity index (χ0v) is 23.6. The van der Waals surface area contributed by atoms with Crippen LogP contribution in [0.3, 0.4) is 0 Å². The van der Waals surface area contributed by atoms with E-state index in [-0.39, 0.29) is 40.4 Å². The molecule has 1 saturated carbocycles. The Bertz CT molecular complexity index is 1860. The van der Waals surface area contributed by atoms with Crippen molar-refractivity contribution in [2.24, 2.45) is 5.92 Å². The molecular formula is C30H26F3N9O3. The average Bonchev–Trinajstić information content (AvgIpc) is 3.40. The predicted molar refractivity (Wildman–Crippen MR) is 154 cm³/mol. The van der Waals surface area contributed by atoms with Crippen LogP contribution >= 0.6 is 0 Å². The van der Waals surface area contributed by atoms with Crippen molar-refractivity contribution in [1.29, 1.82) is 0 Å². The maximum Gasteiger partial charge on any atom is 0.350 e. The van der Waals surface area contributed by atoms with E-state index in [4.69, 9.17) is 4.42 Å². The lowest BCUT2D eigenvalue weighted by Gasteiger charge is -2.38. The second kappa shape index (κ2) is 11.7. The van der Waals surface area contributed by atoms with Crippen molar-refractivity contribution in [3.05, 3.63) is 83.9 Å². The largest absolute Gasteiger partial charge is 0.436 e. The third-order valence-electron chi connectivity index (χ3n) is 7.88. The summed E-state index contributed by atoms with van der Waals surface area (Å²) in [6.45, 7) is -1.31. The summed E-state index contributed by atoms with van der Waals surface area (Å²) in [5, 5.41) is 14.0. The fraction of sp³-hybridized carbons (Fsp3) is 0.300. The molecule has 2 aromatic carbocycles. The number of nitrogens with zero attached hydrogens (tertiary/aromatic N) is 8. The van der Waals surface area contributed by atoms with Crippen LogP contribution in [0.25, 0.3) is 22.6 Å². The van der Waals surface area contributed by atoms with Gasteiger partial charge in [0.05, 0.1) is 12.0 Å². The Morgan fingerprint density at radius 2 is 1.78 bits per heavy atom. The van der Waals surface area contributed by atoms with Gasteiger partial charge in [-0.15, -0.1) is 10.2 Å². The molecule has 1 saturated heterocycles. The Labute approximate surface area is 253 Å². The molecule has 45 heavy (non-hydrogen) atoms. The molecule has 4 heterocycles. The zero-order chi connectivity index (χ0) is 31.1. The van der Waals surface area contributed by atoms with Gasteiger partial charge in [0.15, 0.2) is 11.4 Å². The van der Waals surface area contributed by atoms with Crippen LogP contribution in [-0.4, -0.2) is 84.1 Å². The Balaban J connectivity index is 1.05. The van der Waals surface area contributed by atoms with Crippen molar-refractivity contribution in [3.8, 4) is 11.5 Å². The van der Waals surface area contributed by atoms with Crippen molar-refractivity contribution >= 4 is 28.6 Å². The molecule has 1 unspecified atom stereocenters. The SMILES string of the molecule is O=C(Nc1ccc2nc(-c3ccnc(C(=O)N4CCN(C(c5ccccc5)c5nnn(C(F)F)n5)CC4)c3)oc2c1)[C@@H]1C[C@@H]1F. The predicted octanol–water partition coefficient (Wildman–Crippen LogP) is 4.12. The third kappa shape index (κ3) is 5.85. The fourth-order valence-electron chi connectivity index (χ4n) is 5.41. The number of oxazole rings is 1. The van der Waals surface area contributed by atoms with E-state index in [1.807, 2.05) is 35.2 Å². The number of piperazine rings is 1. The van der Waals surface area contributed by atoms with E-state index in [0.717, 1.165) is 5.56 Å². The maximum atomic E-state index is 13.5. The van der Waals surface area contributed by atoms with Gasteiger partial charge >= 0.3 is 6.55 Å². The molecule has 1 aliphatic carbocycles. The van der Waals surface area contributed by atoms with E-state index >= 15 is 0 Å². The number of carbonyl (C=O) groups is 2. The minimum Gasteiger partial charge on any atom is -0.436 e. The van der Waals surface area contributed by atoms with Crippen LogP contribution < -0.4 is 5.32 Å². The van der Waals surface area contributed by atoms with Crippen LogP contribution in [0.1, 0.15) is 40.9 Å². The van der Waals surface area contributed by atoms with Crippen LogP contribution in [0.2, 0.25) is 0 Å². The zero-order valence-electron chi connectivity index (χ0n) is 23.6. The maximum absolute atomic E-state index is 13.5. The summed E-state index contributed by atoms with van der Waals surface area (Å²) in [6.07, 6.45) is 0.648. The summed E-state index contributed by atoms with van der Waals surface area (Å²) in [7, 11) is 0. The first-order chi connectivity index (χ1) is 21.8. The Morgan fingerprint density at radius 3 is 2.49 bits per heavy atom. The Morgan fingerprint density at radius 1 is 1.00 bits per heavy atom. The minimum atomic E-state index is -2.90. The molecule has 7 rings (SSSR count). The number of nitrogens with one attached hydrogen (secondary N) is 1. The van der Waals surface area contributed by atoms with Crippen LogP contribution in [0.15, 0.2) is 71.3 Å². The molecule has 0 spiro atoms. The molecule has 2 aliphatic rings. The number of alkyl halides is 3. The number of hydrogen-bond donors (Lipinski definition) is 1. The Hall–Kier alpha value is -5.18. The molecule has 1 aliphatic heterocycles. The number of amides is 2. The third-order valence-corrected chi connectivity index (χ3v) is 7.88. The number of benzene rings is 2. The number of pyridine rings is 1. The van der Waals surface area contributed by atoms with Crippen molar-refractivity contribution < 1.29 is 27.2 Å². The molecule has 5 aromatic rings. The summed E-state index contributed by atoms with van der Waals surface area (Å²) < 4.78 is 45.5. The lowest BCUT2D eigenvalue weighted by atomic mass is 10.0. The number of halogens is 3. The van der Waals surface area contributed by atoms with Crippen molar-refractivity contribution in [2.45, 2.75) is 25.2 Å². The highest BCUT2D eigenvalue weighted by Crippen LogP contribution is 2.35. The number of tetrazole rings is 1. The average molecular weight is 618 g/mol. The first kappa shape index (κ1) is 28.6. The van der Waals surface area contributed by atoms with Crippen molar-refractivity contribution in [3.63, 3.8) is 0 Å². The first-order valence-electron chi connectivity index (χ1n) is 14.3. The number of rotatable bonds is 8. The number of carbonyl (C=O) groups excluding carboxylic acids is 2. The van der Waals surface area contributed by atoms with Gasteiger partial charge in [-0.3, -0.25) is 19.5 Å². The van der Waals surface area contributed by atoms with Gasteiger partial charge in [0.25, 0.3) is 5.91 Å². The normalized spacial score (nSPS) is 19.2. The van der Waals surface area contributed by atoms with Gasteiger partial charge in [0.1, 0.15) is 17.4 Å². The van der Waals surface area contributed by atoms with Crippen LogP contribution in [0.4, 0.5) is 18.9 Å². The summed E-state index contributed by atoms with van der Waals surface area (Å²) in [5.41, 5.74) is 3.03. The second-order valence-electron chi connectivity index (χ2n) is 10.9. The molecule has 1 N–H and O–H groups in total. The highest BCUT2D eigenvalue weighted by Gasteiger charge is 2.43. The molecule has 12 nitrogen and oxygen atoms in total. The van der Waals surface area contributed by atoms with Gasteiger partial charge in [0.2, 0.25) is 11.8 Å². The summed E-state index contributed by atoms with van der Waals surface area (Å²) in [4.78, 5) is 38.4. The summed E-state index contributed by atoms with van der Waals surface area (Å²) in [6, 6.07) is 17.1. The van der Waals surface area contributed by atoms with Crippen LogP contribution in [0, 0.1) is 5.92 Å². The minimum absolute atomic E-state index is 0.153. The molecule has 0 radical (unpaired) electrons. The molecule has 2 amide bonds. The molecule has 2 fully saturated rings. The van der Waals surface area contributed by atoms with Crippen molar-refractivity contribution in [1.82, 2.24) is 40.0 Å². The number of aromatic nitrogens is 6. The fourth-order valence-corrected chi connectivity index (χ4v) is 5.41. The Kier molecular flexibility index (Phi) is 7.45.